The molecule has 0 saturated carbocycles. The second-order valence-corrected chi connectivity index (χ2v) is 12.1. The molecule has 0 bridgehead atoms. The van der Waals surface area contributed by atoms with Crippen molar-refractivity contribution in [3.63, 3.8) is 0 Å². The summed E-state index contributed by atoms with van der Waals surface area (Å²) in [5.41, 5.74) is 5.11. The summed E-state index contributed by atoms with van der Waals surface area (Å²) in [5, 5.41) is 2.40. The molecule has 2 amide bonds. The molecule has 0 radical (unpaired) electrons. The van der Waals surface area contributed by atoms with Crippen LogP contribution in [0, 0.1) is 0 Å². The Hall–Kier alpha value is -4.31. The first kappa shape index (κ1) is 28.5. The summed E-state index contributed by atoms with van der Waals surface area (Å²) in [6, 6.07) is 22.4. The molecule has 2 aliphatic heterocycles. The van der Waals surface area contributed by atoms with E-state index in [4.69, 9.17) is 0 Å². The van der Waals surface area contributed by atoms with Crippen LogP contribution in [-0.2, 0) is 46.3 Å². The molecule has 7 nitrogen and oxygen atoms in total. The maximum Gasteiger partial charge on any atom is 0.417 e. The average molecular weight is 601 g/mol. The first-order valence-corrected chi connectivity index (χ1v) is 15.1. The normalized spacial score (nSPS) is 17.3. The Morgan fingerprint density at radius 1 is 0.886 bits per heavy atom. The monoisotopic (exact) mass is 600 g/mol. The summed E-state index contributed by atoms with van der Waals surface area (Å²) in [6.45, 7) is 3.21. The molecule has 5 aromatic rings. The summed E-state index contributed by atoms with van der Waals surface area (Å²) >= 11 is 0. The maximum atomic E-state index is 13.7. The number of carbonyl (C=O) groups is 1. The quantitative estimate of drug-likeness (QED) is 0.237. The van der Waals surface area contributed by atoms with E-state index in [1.165, 1.54) is 33.2 Å². The molecule has 10 heteroatoms. The van der Waals surface area contributed by atoms with Gasteiger partial charge in [0.05, 0.1) is 5.56 Å². The van der Waals surface area contributed by atoms with Crippen LogP contribution in [0.3, 0.4) is 0 Å². The van der Waals surface area contributed by atoms with E-state index in [2.05, 4.69) is 93.8 Å². The zero-order valence-corrected chi connectivity index (χ0v) is 24.9. The van der Waals surface area contributed by atoms with Crippen molar-refractivity contribution in [3.8, 4) is 0 Å². The molecular formula is C34H35F3N6O. The van der Waals surface area contributed by atoms with E-state index in [0.717, 1.165) is 31.8 Å². The summed E-state index contributed by atoms with van der Waals surface area (Å²) in [7, 11) is 4.20. The Balaban J connectivity index is 1.12. The molecule has 228 valence electrons. The number of nitrogens with zero attached hydrogens (tertiary/aromatic N) is 6. The largest absolute Gasteiger partial charge is 0.417 e. The van der Waals surface area contributed by atoms with E-state index in [0.29, 0.717) is 37.3 Å². The van der Waals surface area contributed by atoms with Gasteiger partial charge in [-0.1, -0.05) is 36.4 Å². The number of aromatic nitrogens is 3. The van der Waals surface area contributed by atoms with Crippen LogP contribution in [-0.4, -0.2) is 60.5 Å². The van der Waals surface area contributed by atoms with Crippen LogP contribution in [0.15, 0.2) is 72.9 Å². The van der Waals surface area contributed by atoms with E-state index in [9.17, 15) is 18.0 Å². The predicted octanol–water partition coefficient (Wildman–Crippen LogP) is 6.34. The molecule has 1 saturated heterocycles. The van der Waals surface area contributed by atoms with E-state index < -0.39 is 11.7 Å². The predicted molar refractivity (Wildman–Crippen MR) is 164 cm³/mol. The van der Waals surface area contributed by atoms with Crippen LogP contribution in [0.5, 0.6) is 0 Å². The highest BCUT2D eigenvalue weighted by Crippen LogP contribution is 2.32. The lowest BCUT2D eigenvalue weighted by molar-refractivity contribution is -0.137. The minimum Gasteiger partial charge on any atom is -0.346 e. The summed E-state index contributed by atoms with van der Waals surface area (Å²) in [5.74, 6) is 0. The van der Waals surface area contributed by atoms with Crippen molar-refractivity contribution in [1.29, 1.82) is 0 Å². The summed E-state index contributed by atoms with van der Waals surface area (Å²) < 4.78 is 44.5. The molecule has 2 aliphatic rings. The Morgan fingerprint density at radius 2 is 1.50 bits per heavy atom. The van der Waals surface area contributed by atoms with Gasteiger partial charge in [0.1, 0.15) is 0 Å². The molecule has 3 aromatic heterocycles. The molecular weight excluding hydrogens is 565 g/mol. The van der Waals surface area contributed by atoms with Crippen molar-refractivity contribution in [2.45, 2.75) is 44.7 Å². The third-order valence-electron chi connectivity index (χ3n) is 9.42. The van der Waals surface area contributed by atoms with Crippen molar-refractivity contribution >= 4 is 27.8 Å². The number of hydrogen-bond acceptors (Lipinski definition) is 3. The summed E-state index contributed by atoms with van der Waals surface area (Å²) in [4.78, 5) is 23.8. The van der Waals surface area contributed by atoms with Gasteiger partial charge in [0.25, 0.3) is 0 Å². The number of amides is 2. The third-order valence-corrected chi connectivity index (χ3v) is 9.42. The SMILES string of the molecule is Cn1c(CN(Cc2cc3ccccc3n2C)C2CCN(C(=O)N3CCc4ncc(C(F)(F)F)cc4C3)C2)cc2ccccc21. The van der Waals surface area contributed by atoms with Crippen LogP contribution >= 0.6 is 0 Å². The van der Waals surface area contributed by atoms with E-state index in [1.54, 1.807) is 4.90 Å². The van der Waals surface area contributed by atoms with E-state index in [1.807, 2.05) is 4.90 Å². The number of halogens is 3. The number of fused-ring (bicyclic) bond motifs is 3. The number of alkyl halides is 3. The smallest absolute Gasteiger partial charge is 0.346 e. The molecule has 1 unspecified atom stereocenters. The Bertz CT molecular complexity index is 1780. The highest BCUT2D eigenvalue weighted by Gasteiger charge is 2.36. The van der Waals surface area contributed by atoms with Crippen molar-refractivity contribution < 1.29 is 18.0 Å². The number of benzene rings is 2. The number of para-hydroxylation sites is 2. The molecule has 1 atom stereocenters. The number of rotatable bonds is 5. The Kier molecular flexibility index (Phi) is 7.11. The number of urea groups is 1. The van der Waals surface area contributed by atoms with Crippen LogP contribution in [0.4, 0.5) is 18.0 Å². The Morgan fingerprint density at radius 3 is 2.09 bits per heavy atom. The lowest BCUT2D eigenvalue weighted by Gasteiger charge is -2.33. The minimum absolute atomic E-state index is 0.121. The van der Waals surface area contributed by atoms with Gasteiger partial charge in [0.15, 0.2) is 0 Å². The number of carbonyl (C=O) groups excluding carboxylic acids is 1. The fourth-order valence-electron chi connectivity index (χ4n) is 6.88. The van der Waals surface area contributed by atoms with Crippen molar-refractivity contribution in [1.82, 2.24) is 28.8 Å². The topological polar surface area (TPSA) is 49.5 Å². The van der Waals surface area contributed by atoms with E-state index >= 15 is 0 Å². The van der Waals surface area contributed by atoms with Gasteiger partial charge in [-0.15, -0.1) is 0 Å². The van der Waals surface area contributed by atoms with Gasteiger partial charge in [0.2, 0.25) is 0 Å². The molecule has 7 rings (SSSR count). The third kappa shape index (κ3) is 5.21. The van der Waals surface area contributed by atoms with Crippen LogP contribution in [0.1, 0.15) is 34.6 Å². The number of aryl methyl sites for hydroxylation is 2. The fraction of sp³-hybridized carbons (Fsp3) is 0.353. The molecule has 2 aromatic carbocycles. The van der Waals surface area contributed by atoms with Crippen molar-refractivity contribution in [2.24, 2.45) is 14.1 Å². The highest BCUT2D eigenvalue weighted by atomic mass is 19.4. The van der Waals surface area contributed by atoms with Gasteiger partial charge in [-0.3, -0.25) is 9.88 Å². The zero-order valence-electron chi connectivity index (χ0n) is 24.9. The van der Waals surface area contributed by atoms with Gasteiger partial charge >= 0.3 is 12.2 Å². The molecule has 0 N–H and O–H groups in total. The second-order valence-electron chi connectivity index (χ2n) is 12.1. The maximum absolute atomic E-state index is 13.7. The first-order valence-electron chi connectivity index (χ1n) is 15.1. The molecule has 5 heterocycles. The molecule has 0 aliphatic carbocycles. The lowest BCUT2D eigenvalue weighted by Crippen LogP contribution is -2.46. The first-order chi connectivity index (χ1) is 21.2. The van der Waals surface area contributed by atoms with E-state index in [-0.39, 0.29) is 18.6 Å². The number of pyridine rings is 1. The van der Waals surface area contributed by atoms with Crippen LogP contribution in [0.25, 0.3) is 21.8 Å². The molecule has 1 fully saturated rings. The summed E-state index contributed by atoms with van der Waals surface area (Å²) in [6.07, 6.45) is -2.30. The number of likely N-dealkylation sites (tertiary alicyclic amines) is 1. The fourth-order valence-corrected chi connectivity index (χ4v) is 6.88. The standard InChI is InChI=1S/C34H35F3N6O/c1-39-28(16-23-7-3-5-9-31(23)39)21-43(22-29-17-24-8-4-6-10-32(24)40(29)2)27-11-13-42(20-27)33(44)41-14-12-30-25(19-41)15-26(18-38-30)34(35,36)37/h3-10,15-18,27H,11-14,19-22H2,1-2H3. The zero-order chi connectivity index (χ0) is 30.6. The second kappa shape index (κ2) is 11.0. The van der Waals surface area contributed by atoms with Gasteiger partial charge in [-0.05, 0) is 53.1 Å². The highest BCUT2D eigenvalue weighted by molar-refractivity contribution is 5.82. The minimum atomic E-state index is -4.46. The van der Waals surface area contributed by atoms with Crippen LogP contribution < -0.4 is 0 Å². The van der Waals surface area contributed by atoms with Gasteiger partial charge in [-0.25, -0.2) is 4.79 Å². The van der Waals surface area contributed by atoms with Gasteiger partial charge < -0.3 is 18.9 Å². The number of hydrogen-bond donors (Lipinski definition) is 0. The Labute approximate surface area is 254 Å². The molecule has 44 heavy (non-hydrogen) atoms. The lowest BCUT2D eigenvalue weighted by atomic mass is 10.0. The molecule has 0 spiro atoms. The van der Waals surface area contributed by atoms with Crippen molar-refractivity contribution in [2.75, 3.05) is 19.6 Å². The average Bonchev–Trinajstić information content (AvgIpc) is 3.72. The van der Waals surface area contributed by atoms with Crippen LogP contribution in [0.2, 0.25) is 0 Å². The van der Waals surface area contributed by atoms with Gasteiger partial charge in [0, 0.05) is 100 Å². The van der Waals surface area contributed by atoms with Crippen molar-refractivity contribution in [3.05, 3.63) is 101 Å². The van der Waals surface area contributed by atoms with Gasteiger partial charge in [-0.2, -0.15) is 13.2 Å².